The largest absolute Gasteiger partial charge is 0.344 e. The van der Waals surface area contributed by atoms with Gasteiger partial charge in [-0.05, 0) is 32.2 Å². The molecule has 1 atom stereocenters. The maximum absolute atomic E-state index is 11.8. The van der Waals surface area contributed by atoms with Crippen LogP contribution in [0.4, 0.5) is 0 Å². The Balaban J connectivity index is 2.17. The lowest BCUT2D eigenvalue weighted by atomic mass is 9.87. The van der Waals surface area contributed by atoms with Gasteiger partial charge in [0.05, 0.1) is 5.54 Å². The molecule has 2 aliphatic rings. The second-order valence-electron chi connectivity index (χ2n) is 3.94. The van der Waals surface area contributed by atoms with E-state index < -0.39 is 0 Å². The van der Waals surface area contributed by atoms with Crippen LogP contribution in [-0.4, -0.2) is 36.5 Å². The van der Waals surface area contributed by atoms with Gasteiger partial charge in [0.2, 0.25) is 5.91 Å². The van der Waals surface area contributed by atoms with E-state index in [0.29, 0.717) is 5.91 Å². The molecule has 1 spiro atoms. The van der Waals surface area contributed by atoms with Crippen LogP contribution in [0.5, 0.6) is 0 Å². The van der Waals surface area contributed by atoms with Crippen molar-refractivity contribution in [1.29, 1.82) is 0 Å². The number of likely N-dealkylation sites (tertiary alicyclic amines) is 1. The average Bonchev–Trinajstić information content (AvgIpc) is 2.50. The molecule has 68 valence electrons. The third kappa shape index (κ3) is 1.04. The highest BCUT2D eigenvalue weighted by atomic mass is 16.2. The second-order valence-corrected chi connectivity index (χ2v) is 3.94. The van der Waals surface area contributed by atoms with Crippen molar-refractivity contribution in [2.45, 2.75) is 31.2 Å². The summed E-state index contributed by atoms with van der Waals surface area (Å²) in [5, 5.41) is 3.36. The predicted octanol–water partition coefficient (Wildman–Crippen LogP) is 0.361. The van der Waals surface area contributed by atoms with Crippen molar-refractivity contribution in [3.63, 3.8) is 0 Å². The van der Waals surface area contributed by atoms with Crippen LogP contribution in [0, 0.1) is 0 Å². The van der Waals surface area contributed by atoms with Gasteiger partial charge in [-0.3, -0.25) is 4.79 Å². The van der Waals surface area contributed by atoms with Crippen molar-refractivity contribution in [3.8, 4) is 0 Å². The van der Waals surface area contributed by atoms with E-state index in [4.69, 9.17) is 0 Å². The van der Waals surface area contributed by atoms with Gasteiger partial charge in [-0.25, -0.2) is 0 Å². The van der Waals surface area contributed by atoms with E-state index in [1.807, 2.05) is 11.9 Å². The van der Waals surface area contributed by atoms with Gasteiger partial charge in [-0.1, -0.05) is 0 Å². The number of carbonyl (C=O) groups excluding carboxylic acids is 1. The fourth-order valence-electron chi connectivity index (χ4n) is 2.39. The Labute approximate surface area is 73.1 Å². The van der Waals surface area contributed by atoms with E-state index in [-0.39, 0.29) is 5.54 Å². The van der Waals surface area contributed by atoms with Crippen LogP contribution in [0.3, 0.4) is 0 Å². The monoisotopic (exact) mass is 168 g/mol. The lowest BCUT2D eigenvalue weighted by Gasteiger charge is -2.37. The molecular weight excluding hydrogens is 152 g/mol. The molecule has 2 saturated heterocycles. The first-order chi connectivity index (χ1) is 5.75. The first-order valence-electron chi connectivity index (χ1n) is 4.75. The van der Waals surface area contributed by atoms with Gasteiger partial charge in [0.1, 0.15) is 0 Å². The van der Waals surface area contributed by atoms with Crippen LogP contribution < -0.4 is 5.32 Å². The summed E-state index contributed by atoms with van der Waals surface area (Å²) in [6.07, 6.45) is 4.38. The van der Waals surface area contributed by atoms with Crippen LogP contribution in [0.2, 0.25) is 0 Å². The van der Waals surface area contributed by atoms with Crippen molar-refractivity contribution in [1.82, 2.24) is 10.2 Å². The Morgan fingerprint density at radius 2 is 2.17 bits per heavy atom. The molecule has 0 aromatic carbocycles. The second kappa shape index (κ2) is 2.73. The Morgan fingerprint density at radius 3 is 2.83 bits per heavy atom. The molecule has 0 bridgehead atoms. The van der Waals surface area contributed by atoms with Gasteiger partial charge >= 0.3 is 0 Å². The molecular formula is C9H16N2O. The standard InChI is InChI=1S/C9H16N2O/c1-11-7-3-5-9(8(11)12)4-2-6-10-9/h10H,2-7H2,1H3/t9-/m0/s1. The quantitative estimate of drug-likeness (QED) is 0.566. The number of carbonyl (C=O) groups is 1. The number of nitrogens with zero attached hydrogens (tertiary/aromatic N) is 1. The van der Waals surface area contributed by atoms with Crippen molar-refractivity contribution < 1.29 is 4.79 Å². The molecule has 0 aromatic rings. The third-order valence-electron chi connectivity index (χ3n) is 3.10. The zero-order valence-electron chi connectivity index (χ0n) is 7.60. The van der Waals surface area contributed by atoms with Crippen LogP contribution in [0.1, 0.15) is 25.7 Å². The Morgan fingerprint density at radius 1 is 1.42 bits per heavy atom. The normalized spacial score (nSPS) is 36.4. The smallest absolute Gasteiger partial charge is 0.242 e. The van der Waals surface area contributed by atoms with Crippen molar-refractivity contribution in [2.75, 3.05) is 20.1 Å². The molecule has 3 heteroatoms. The Bertz CT molecular complexity index is 197. The van der Waals surface area contributed by atoms with Crippen molar-refractivity contribution in [3.05, 3.63) is 0 Å². The van der Waals surface area contributed by atoms with E-state index in [1.54, 1.807) is 0 Å². The van der Waals surface area contributed by atoms with Crippen LogP contribution in [-0.2, 0) is 4.79 Å². The Hall–Kier alpha value is -0.570. The van der Waals surface area contributed by atoms with Gasteiger partial charge < -0.3 is 10.2 Å². The molecule has 0 radical (unpaired) electrons. The predicted molar refractivity (Wildman–Crippen MR) is 46.8 cm³/mol. The fraction of sp³-hybridized carbons (Fsp3) is 0.889. The molecule has 12 heavy (non-hydrogen) atoms. The zero-order chi connectivity index (χ0) is 8.60. The van der Waals surface area contributed by atoms with E-state index in [2.05, 4.69) is 5.32 Å². The number of nitrogens with one attached hydrogen (secondary N) is 1. The molecule has 2 rings (SSSR count). The number of hydrogen-bond acceptors (Lipinski definition) is 2. The SMILES string of the molecule is CN1CCC[C@@]2(CCCN2)C1=O. The minimum atomic E-state index is -0.160. The van der Waals surface area contributed by atoms with Crippen molar-refractivity contribution >= 4 is 5.91 Å². The van der Waals surface area contributed by atoms with E-state index in [1.165, 1.54) is 0 Å². The summed E-state index contributed by atoms with van der Waals surface area (Å²) < 4.78 is 0. The topological polar surface area (TPSA) is 32.3 Å². The summed E-state index contributed by atoms with van der Waals surface area (Å²) >= 11 is 0. The first kappa shape index (κ1) is 8.05. The third-order valence-corrected chi connectivity index (χ3v) is 3.10. The number of likely N-dealkylation sites (N-methyl/N-ethyl adjacent to an activating group) is 1. The summed E-state index contributed by atoms with van der Waals surface area (Å²) in [6, 6.07) is 0. The number of rotatable bonds is 0. The molecule has 0 saturated carbocycles. The highest BCUT2D eigenvalue weighted by Crippen LogP contribution is 2.29. The molecule has 3 nitrogen and oxygen atoms in total. The van der Waals surface area contributed by atoms with Gasteiger partial charge in [-0.2, -0.15) is 0 Å². The minimum Gasteiger partial charge on any atom is -0.344 e. The molecule has 1 N–H and O–H groups in total. The summed E-state index contributed by atoms with van der Waals surface area (Å²) in [4.78, 5) is 13.7. The number of amides is 1. The van der Waals surface area contributed by atoms with Crippen molar-refractivity contribution in [2.24, 2.45) is 0 Å². The molecule has 2 fully saturated rings. The highest BCUT2D eigenvalue weighted by Gasteiger charge is 2.44. The first-order valence-corrected chi connectivity index (χ1v) is 4.75. The number of hydrogen-bond donors (Lipinski definition) is 1. The van der Waals surface area contributed by atoms with E-state index in [0.717, 1.165) is 38.8 Å². The molecule has 0 unspecified atom stereocenters. The summed E-state index contributed by atoms with van der Waals surface area (Å²) in [5.41, 5.74) is -0.160. The number of piperidine rings is 1. The van der Waals surface area contributed by atoms with E-state index >= 15 is 0 Å². The molecule has 1 amide bonds. The average molecular weight is 168 g/mol. The molecule has 2 heterocycles. The highest BCUT2D eigenvalue weighted by molar-refractivity contribution is 5.87. The zero-order valence-corrected chi connectivity index (χ0v) is 7.60. The molecule has 2 aliphatic heterocycles. The maximum Gasteiger partial charge on any atom is 0.242 e. The fourth-order valence-corrected chi connectivity index (χ4v) is 2.39. The Kier molecular flexibility index (Phi) is 1.83. The van der Waals surface area contributed by atoms with Gasteiger partial charge in [0.25, 0.3) is 0 Å². The summed E-state index contributed by atoms with van der Waals surface area (Å²) in [6.45, 7) is 1.95. The van der Waals surface area contributed by atoms with Crippen LogP contribution in [0.15, 0.2) is 0 Å². The van der Waals surface area contributed by atoms with Gasteiger partial charge in [0.15, 0.2) is 0 Å². The summed E-state index contributed by atoms with van der Waals surface area (Å²) in [5.74, 6) is 0.311. The molecule has 0 aliphatic carbocycles. The maximum atomic E-state index is 11.8. The summed E-state index contributed by atoms with van der Waals surface area (Å²) in [7, 11) is 1.91. The van der Waals surface area contributed by atoms with E-state index in [9.17, 15) is 4.79 Å². The lowest BCUT2D eigenvalue weighted by molar-refractivity contribution is -0.139. The van der Waals surface area contributed by atoms with Gasteiger partial charge in [0, 0.05) is 13.6 Å². The lowest BCUT2D eigenvalue weighted by Crippen LogP contribution is -2.57. The molecule has 0 aromatic heterocycles. The minimum absolute atomic E-state index is 0.160. The van der Waals surface area contributed by atoms with Crippen LogP contribution in [0.25, 0.3) is 0 Å². The van der Waals surface area contributed by atoms with Crippen LogP contribution >= 0.6 is 0 Å². The van der Waals surface area contributed by atoms with Gasteiger partial charge in [-0.15, -0.1) is 0 Å².